The van der Waals surface area contributed by atoms with E-state index in [1.54, 1.807) is 13.8 Å². The topological polar surface area (TPSA) is 83.6 Å². The summed E-state index contributed by atoms with van der Waals surface area (Å²) in [4.78, 5) is 0.139. The SMILES string of the molecule is Cc1noc(C)c1S(=O)(=O)N(CCCO)CC(C)(C)C. The van der Waals surface area contributed by atoms with Crippen LogP contribution < -0.4 is 0 Å². The Morgan fingerprint density at radius 2 is 1.90 bits per heavy atom. The zero-order chi connectivity index (χ0) is 15.6. The molecule has 0 unspecified atom stereocenters. The molecule has 0 bridgehead atoms. The van der Waals surface area contributed by atoms with Crippen molar-refractivity contribution < 1.29 is 18.0 Å². The Labute approximate surface area is 120 Å². The van der Waals surface area contributed by atoms with E-state index < -0.39 is 10.0 Å². The number of hydrogen-bond acceptors (Lipinski definition) is 5. The molecule has 1 rings (SSSR count). The number of aromatic nitrogens is 1. The van der Waals surface area contributed by atoms with Gasteiger partial charge in [0.1, 0.15) is 10.6 Å². The van der Waals surface area contributed by atoms with E-state index in [4.69, 9.17) is 9.63 Å². The lowest BCUT2D eigenvalue weighted by Crippen LogP contribution is -2.39. The van der Waals surface area contributed by atoms with Crippen molar-refractivity contribution in [2.45, 2.75) is 45.9 Å². The van der Waals surface area contributed by atoms with E-state index in [2.05, 4.69) is 5.16 Å². The third-order valence-electron chi connectivity index (χ3n) is 2.78. The van der Waals surface area contributed by atoms with Gasteiger partial charge in [0.2, 0.25) is 10.0 Å². The van der Waals surface area contributed by atoms with E-state index in [0.29, 0.717) is 24.4 Å². The average Bonchev–Trinajstić information content (AvgIpc) is 2.63. The second-order valence-corrected chi connectivity index (χ2v) is 8.00. The normalized spacial score (nSPS) is 13.2. The summed E-state index contributed by atoms with van der Waals surface area (Å²) in [7, 11) is -3.66. The maximum atomic E-state index is 12.8. The molecule has 1 heterocycles. The first-order valence-electron chi connectivity index (χ1n) is 6.63. The van der Waals surface area contributed by atoms with Gasteiger partial charge in [-0.1, -0.05) is 25.9 Å². The van der Waals surface area contributed by atoms with Gasteiger partial charge in [-0.3, -0.25) is 0 Å². The zero-order valence-corrected chi connectivity index (χ0v) is 13.6. The monoisotopic (exact) mass is 304 g/mol. The molecule has 116 valence electrons. The summed E-state index contributed by atoms with van der Waals surface area (Å²) >= 11 is 0. The Morgan fingerprint density at radius 1 is 1.30 bits per heavy atom. The summed E-state index contributed by atoms with van der Waals surface area (Å²) in [5.74, 6) is 0.297. The van der Waals surface area contributed by atoms with Crippen LogP contribution in [-0.4, -0.2) is 42.7 Å². The van der Waals surface area contributed by atoms with Gasteiger partial charge in [-0.2, -0.15) is 4.31 Å². The minimum absolute atomic E-state index is 0.0439. The van der Waals surface area contributed by atoms with Gasteiger partial charge in [-0.15, -0.1) is 0 Å². The number of aliphatic hydroxyl groups excluding tert-OH is 1. The smallest absolute Gasteiger partial charge is 0.248 e. The lowest BCUT2D eigenvalue weighted by molar-refractivity contribution is 0.240. The first-order chi connectivity index (χ1) is 9.09. The van der Waals surface area contributed by atoms with Crippen molar-refractivity contribution in [3.05, 3.63) is 11.5 Å². The van der Waals surface area contributed by atoms with E-state index in [0.717, 1.165) is 0 Å². The molecule has 0 aliphatic rings. The number of aryl methyl sites for hydroxylation is 2. The predicted molar refractivity (Wildman–Crippen MR) is 75.9 cm³/mol. The molecular formula is C13H24N2O4S. The quantitative estimate of drug-likeness (QED) is 0.865. The second-order valence-electron chi connectivity index (χ2n) is 6.13. The standard InChI is InChI=1S/C13H24N2O4S/c1-10-12(11(2)19-14-10)20(17,18)15(7-6-8-16)9-13(3,4)5/h16H,6-9H2,1-5H3. The number of nitrogens with zero attached hydrogens (tertiary/aromatic N) is 2. The minimum Gasteiger partial charge on any atom is -0.396 e. The minimum atomic E-state index is -3.66. The third-order valence-corrected chi connectivity index (χ3v) is 4.87. The lowest BCUT2D eigenvalue weighted by atomic mass is 9.97. The van der Waals surface area contributed by atoms with Gasteiger partial charge in [0.05, 0.1) is 0 Å². The zero-order valence-electron chi connectivity index (χ0n) is 12.8. The molecule has 1 aromatic heterocycles. The van der Waals surface area contributed by atoms with Crippen molar-refractivity contribution in [2.24, 2.45) is 5.41 Å². The number of rotatable bonds is 6. The maximum absolute atomic E-state index is 12.8. The largest absolute Gasteiger partial charge is 0.396 e. The predicted octanol–water partition coefficient (Wildman–Crippen LogP) is 1.71. The summed E-state index contributed by atoms with van der Waals surface area (Å²) in [5, 5.41) is 12.7. The third kappa shape index (κ3) is 4.04. The fourth-order valence-electron chi connectivity index (χ4n) is 2.03. The molecule has 0 aromatic carbocycles. The Morgan fingerprint density at radius 3 is 2.30 bits per heavy atom. The van der Waals surface area contributed by atoms with Crippen molar-refractivity contribution in [1.29, 1.82) is 0 Å². The average molecular weight is 304 g/mol. The summed E-state index contributed by atoms with van der Waals surface area (Å²) < 4.78 is 31.9. The van der Waals surface area contributed by atoms with E-state index in [9.17, 15) is 8.42 Å². The van der Waals surface area contributed by atoms with Crippen LogP contribution in [0.5, 0.6) is 0 Å². The van der Waals surface area contributed by atoms with Gasteiger partial charge in [-0.25, -0.2) is 8.42 Å². The molecule has 0 atom stereocenters. The van der Waals surface area contributed by atoms with Crippen molar-refractivity contribution >= 4 is 10.0 Å². The molecule has 1 N–H and O–H groups in total. The molecule has 6 nitrogen and oxygen atoms in total. The highest BCUT2D eigenvalue weighted by Crippen LogP contribution is 2.26. The fraction of sp³-hybridized carbons (Fsp3) is 0.769. The second kappa shape index (κ2) is 6.24. The van der Waals surface area contributed by atoms with E-state index in [1.807, 2.05) is 20.8 Å². The summed E-state index contributed by atoms with van der Waals surface area (Å²) in [5.41, 5.74) is 0.187. The van der Waals surface area contributed by atoms with Crippen LogP contribution in [-0.2, 0) is 10.0 Å². The van der Waals surface area contributed by atoms with Gasteiger partial charge >= 0.3 is 0 Å². The van der Waals surface area contributed by atoms with E-state index in [-0.39, 0.29) is 23.5 Å². The first-order valence-corrected chi connectivity index (χ1v) is 8.07. The van der Waals surface area contributed by atoms with E-state index in [1.165, 1.54) is 4.31 Å². The fourth-order valence-corrected chi connectivity index (χ4v) is 4.03. The molecule has 0 saturated carbocycles. The molecule has 7 heteroatoms. The molecule has 20 heavy (non-hydrogen) atoms. The van der Waals surface area contributed by atoms with Crippen LogP contribution in [0.2, 0.25) is 0 Å². The van der Waals surface area contributed by atoms with Crippen molar-refractivity contribution in [1.82, 2.24) is 9.46 Å². The van der Waals surface area contributed by atoms with Crippen LogP contribution >= 0.6 is 0 Å². The highest BCUT2D eigenvalue weighted by molar-refractivity contribution is 7.89. The number of sulfonamides is 1. The van der Waals surface area contributed by atoms with Gasteiger partial charge in [0.15, 0.2) is 5.76 Å². The van der Waals surface area contributed by atoms with Gasteiger partial charge in [-0.05, 0) is 25.7 Å². The van der Waals surface area contributed by atoms with Crippen molar-refractivity contribution in [3.63, 3.8) is 0 Å². The highest BCUT2D eigenvalue weighted by atomic mass is 32.2. The van der Waals surface area contributed by atoms with Crippen LogP contribution in [0.15, 0.2) is 9.42 Å². The molecule has 0 aliphatic heterocycles. The molecule has 0 radical (unpaired) electrons. The van der Waals surface area contributed by atoms with Crippen molar-refractivity contribution in [2.75, 3.05) is 19.7 Å². The van der Waals surface area contributed by atoms with Crippen molar-refractivity contribution in [3.8, 4) is 0 Å². The molecule has 0 amide bonds. The Kier molecular flexibility index (Phi) is 5.34. The molecule has 0 spiro atoms. The van der Waals surface area contributed by atoms with Gasteiger partial charge in [0, 0.05) is 19.7 Å². The summed E-state index contributed by atoms with van der Waals surface area (Å²) in [6, 6.07) is 0. The van der Waals surface area contributed by atoms with Crippen LogP contribution in [0.4, 0.5) is 0 Å². The first kappa shape index (κ1) is 17.1. The van der Waals surface area contributed by atoms with E-state index >= 15 is 0 Å². The molecule has 1 aromatic rings. The molecule has 0 fully saturated rings. The molecule has 0 saturated heterocycles. The molecule has 0 aliphatic carbocycles. The van der Waals surface area contributed by atoms with Gasteiger partial charge in [0.25, 0.3) is 0 Å². The van der Waals surface area contributed by atoms with Crippen LogP contribution in [0.1, 0.15) is 38.6 Å². The Hall–Kier alpha value is -0.920. The summed E-state index contributed by atoms with van der Waals surface area (Å²) in [6.07, 6.45) is 0.401. The van der Waals surface area contributed by atoms with Crippen LogP contribution in [0.3, 0.4) is 0 Å². The van der Waals surface area contributed by atoms with Crippen LogP contribution in [0.25, 0.3) is 0 Å². The Bertz CT molecular complexity index is 524. The Balaban J connectivity index is 3.17. The lowest BCUT2D eigenvalue weighted by Gasteiger charge is -2.29. The van der Waals surface area contributed by atoms with Gasteiger partial charge < -0.3 is 9.63 Å². The molecular weight excluding hydrogens is 280 g/mol. The highest BCUT2D eigenvalue weighted by Gasteiger charge is 2.32. The van der Waals surface area contributed by atoms with Crippen LogP contribution in [0, 0.1) is 19.3 Å². The summed E-state index contributed by atoms with van der Waals surface area (Å²) in [6.45, 7) is 9.74. The number of hydrogen-bond donors (Lipinski definition) is 1. The number of aliphatic hydroxyl groups is 1. The maximum Gasteiger partial charge on any atom is 0.248 e.